The lowest BCUT2D eigenvalue weighted by atomic mass is 9.83. The van der Waals surface area contributed by atoms with Crippen LogP contribution in [-0.4, -0.2) is 16.8 Å². The lowest BCUT2D eigenvalue weighted by Crippen LogP contribution is -2.34. The molecular formula is C18H18O2. The Morgan fingerprint density at radius 3 is 2.10 bits per heavy atom. The monoisotopic (exact) mass is 266 g/mol. The molecule has 2 heteroatoms. The van der Waals surface area contributed by atoms with Gasteiger partial charge in [0, 0.05) is 18.1 Å². The van der Waals surface area contributed by atoms with Crippen molar-refractivity contribution in [3.05, 3.63) is 71.8 Å². The van der Waals surface area contributed by atoms with Crippen molar-refractivity contribution in [3.63, 3.8) is 0 Å². The number of hydrogen-bond acceptors (Lipinski definition) is 2. The number of rotatable bonds is 3. The van der Waals surface area contributed by atoms with E-state index in [2.05, 4.69) is 11.8 Å². The number of aliphatic hydroxyl groups is 2. The van der Waals surface area contributed by atoms with Gasteiger partial charge in [0.05, 0.1) is 0 Å². The standard InChI is InChI=1S/C18H18O2/c1-15(14-19)18(20,17-10-6-3-7-11-17)13-12-16-8-4-2-5-9-16/h2-11,15,19-20H,14H2,1H3/t15-,18+/m1/s1. The lowest BCUT2D eigenvalue weighted by molar-refractivity contribution is 0.0144. The first kappa shape index (κ1) is 14.3. The summed E-state index contributed by atoms with van der Waals surface area (Å²) in [4.78, 5) is 0. The van der Waals surface area contributed by atoms with Gasteiger partial charge >= 0.3 is 0 Å². The summed E-state index contributed by atoms with van der Waals surface area (Å²) in [6, 6.07) is 18.8. The molecule has 2 N–H and O–H groups in total. The highest BCUT2D eigenvalue weighted by Crippen LogP contribution is 2.28. The van der Waals surface area contributed by atoms with Crippen molar-refractivity contribution < 1.29 is 10.2 Å². The fourth-order valence-corrected chi connectivity index (χ4v) is 1.99. The molecule has 0 bridgehead atoms. The molecule has 2 aromatic carbocycles. The second-order valence-electron chi connectivity index (χ2n) is 4.83. The fraction of sp³-hybridized carbons (Fsp3) is 0.222. The van der Waals surface area contributed by atoms with Crippen LogP contribution in [0.15, 0.2) is 60.7 Å². The molecule has 20 heavy (non-hydrogen) atoms. The van der Waals surface area contributed by atoms with Crippen molar-refractivity contribution in [3.8, 4) is 11.8 Å². The van der Waals surface area contributed by atoms with Crippen molar-refractivity contribution in [1.29, 1.82) is 0 Å². The maximum Gasteiger partial charge on any atom is 0.156 e. The van der Waals surface area contributed by atoms with Crippen molar-refractivity contribution in [2.75, 3.05) is 6.61 Å². The van der Waals surface area contributed by atoms with Crippen LogP contribution >= 0.6 is 0 Å². The van der Waals surface area contributed by atoms with Crippen molar-refractivity contribution in [2.24, 2.45) is 5.92 Å². The van der Waals surface area contributed by atoms with Gasteiger partial charge in [-0.3, -0.25) is 0 Å². The first-order valence-electron chi connectivity index (χ1n) is 6.64. The summed E-state index contributed by atoms with van der Waals surface area (Å²) in [5, 5.41) is 20.3. The molecular weight excluding hydrogens is 248 g/mol. The Hall–Kier alpha value is -2.08. The number of aliphatic hydroxyl groups excluding tert-OH is 1. The van der Waals surface area contributed by atoms with Crippen LogP contribution in [0.2, 0.25) is 0 Å². The van der Waals surface area contributed by atoms with Gasteiger partial charge < -0.3 is 10.2 Å². The van der Waals surface area contributed by atoms with Gasteiger partial charge in [0.25, 0.3) is 0 Å². The molecule has 0 spiro atoms. The lowest BCUT2D eigenvalue weighted by Gasteiger charge is -2.28. The zero-order chi connectivity index (χ0) is 14.4. The molecule has 2 nitrogen and oxygen atoms in total. The SMILES string of the molecule is C[C@H](CO)[C@@](O)(C#Cc1ccccc1)c1ccccc1. The Balaban J connectivity index is 2.42. The summed E-state index contributed by atoms with van der Waals surface area (Å²) in [5.74, 6) is 5.54. The summed E-state index contributed by atoms with van der Waals surface area (Å²) >= 11 is 0. The third-order valence-electron chi connectivity index (χ3n) is 3.37. The molecule has 2 aromatic rings. The maximum absolute atomic E-state index is 10.9. The molecule has 2 rings (SSSR count). The summed E-state index contributed by atoms with van der Waals surface area (Å²) < 4.78 is 0. The minimum Gasteiger partial charge on any atom is -0.396 e. The number of benzene rings is 2. The Morgan fingerprint density at radius 2 is 1.55 bits per heavy atom. The molecule has 0 aliphatic heterocycles. The quantitative estimate of drug-likeness (QED) is 0.838. The van der Waals surface area contributed by atoms with Gasteiger partial charge in [-0.25, -0.2) is 0 Å². The summed E-state index contributed by atoms with van der Waals surface area (Å²) in [6.07, 6.45) is 0. The van der Waals surface area contributed by atoms with Crippen LogP contribution in [0, 0.1) is 17.8 Å². The molecule has 0 fully saturated rings. The van der Waals surface area contributed by atoms with Crippen LogP contribution in [0.25, 0.3) is 0 Å². The second kappa shape index (κ2) is 6.38. The molecule has 0 heterocycles. The molecule has 0 unspecified atom stereocenters. The largest absolute Gasteiger partial charge is 0.396 e. The second-order valence-corrected chi connectivity index (χ2v) is 4.83. The Bertz CT molecular complexity index is 596. The van der Waals surface area contributed by atoms with E-state index in [4.69, 9.17) is 0 Å². The first-order chi connectivity index (χ1) is 9.66. The maximum atomic E-state index is 10.9. The van der Waals surface area contributed by atoms with Gasteiger partial charge in [-0.2, -0.15) is 0 Å². The van der Waals surface area contributed by atoms with E-state index in [1.807, 2.05) is 60.7 Å². The fourth-order valence-electron chi connectivity index (χ4n) is 1.99. The van der Waals surface area contributed by atoms with E-state index in [9.17, 15) is 10.2 Å². The van der Waals surface area contributed by atoms with Gasteiger partial charge in [-0.15, -0.1) is 0 Å². The van der Waals surface area contributed by atoms with Gasteiger partial charge in [-0.1, -0.05) is 67.3 Å². The van der Waals surface area contributed by atoms with E-state index < -0.39 is 5.60 Å². The van der Waals surface area contributed by atoms with E-state index in [1.165, 1.54) is 0 Å². The highest BCUT2D eigenvalue weighted by atomic mass is 16.3. The predicted octanol–water partition coefficient (Wildman–Crippen LogP) is 2.55. The van der Waals surface area contributed by atoms with E-state index >= 15 is 0 Å². The number of hydrogen-bond donors (Lipinski definition) is 2. The molecule has 0 saturated carbocycles. The molecule has 0 aromatic heterocycles. The van der Waals surface area contributed by atoms with Crippen LogP contribution in [0.4, 0.5) is 0 Å². The van der Waals surface area contributed by atoms with Crippen molar-refractivity contribution in [1.82, 2.24) is 0 Å². The average molecular weight is 266 g/mol. The average Bonchev–Trinajstić information content (AvgIpc) is 2.53. The van der Waals surface area contributed by atoms with Crippen molar-refractivity contribution >= 4 is 0 Å². The van der Waals surface area contributed by atoms with E-state index in [0.717, 1.165) is 5.56 Å². The van der Waals surface area contributed by atoms with E-state index in [1.54, 1.807) is 6.92 Å². The highest BCUT2D eigenvalue weighted by Gasteiger charge is 2.33. The van der Waals surface area contributed by atoms with Crippen LogP contribution in [-0.2, 0) is 5.60 Å². The van der Waals surface area contributed by atoms with Gasteiger partial charge in [0.15, 0.2) is 5.60 Å². The minimum atomic E-state index is -1.36. The zero-order valence-corrected chi connectivity index (χ0v) is 11.5. The zero-order valence-electron chi connectivity index (χ0n) is 11.5. The van der Waals surface area contributed by atoms with Crippen LogP contribution < -0.4 is 0 Å². The molecule has 0 saturated heterocycles. The summed E-state index contributed by atoms with van der Waals surface area (Å²) in [6.45, 7) is 1.65. The highest BCUT2D eigenvalue weighted by molar-refractivity contribution is 5.40. The summed E-state index contributed by atoms with van der Waals surface area (Å²) in [5.41, 5.74) is 0.184. The van der Waals surface area contributed by atoms with Crippen LogP contribution in [0.1, 0.15) is 18.1 Å². The predicted molar refractivity (Wildman–Crippen MR) is 79.9 cm³/mol. The molecule has 0 amide bonds. The smallest absolute Gasteiger partial charge is 0.156 e. The Morgan fingerprint density at radius 1 is 1.00 bits per heavy atom. The third-order valence-corrected chi connectivity index (χ3v) is 3.37. The molecule has 102 valence electrons. The van der Waals surface area contributed by atoms with Crippen molar-refractivity contribution in [2.45, 2.75) is 12.5 Å². The molecule has 0 radical (unpaired) electrons. The normalized spacial score (nSPS) is 14.8. The Labute approximate surface area is 119 Å². The van der Waals surface area contributed by atoms with E-state index in [0.29, 0.717) is 5.56 Å². The van der Waals surface area contributed by atoms with E-state index in [-0.39, 0.29) is 12.5 Å². The van der Waals surface area contributed by atoms with Crippen LogP contribution in [0.3, 0.4) is 0 Å². The minimum absolute atomic E-state index is 0.130. The molecule has 2 atom stereocenters. The third kappa shape index (κ3) is 3.08. The Kier molecular flexibility index (Phi) is 4.57. The summed E-state index contributed by atoms with van der Waals surface area (Å²) in [7, 11) is 0. The molecule has 0 aliphatic rings. The van der Waals surface area contributed by atoms with Gasteiger partial charge in [-0.05, 0) is 17.7 Å². The van der Waals surface area contributed by atoms with Crippen LogP contribution in [0.5, 0.6) is 0 Å². The molecule has 0 aliphatic carbocycles. The van der Waals surface area contributed by atoms with Gasteiger partial charge in [0.1, 0.15) is 0 Å². The topological polar surface area (TPSA) is 40.5 Å². The van der Waals surface area contributed by atoms with Gasteiger partial charge in [0.2, 0.25) is 0 Å². The first-order valence-corrected chi connectivity index (χ1v) is 6.64.